The highest BCUT2D eigenvalue weighted by molar-refractivity contribution is 6.07. The van der Waals surface area contributed by atoms with Crippen LogP contribution in [0.3, 0.4) is 0 Å². The highest BCUT2D eigenvalue weighted by Crippen LogP contribution is 2.33. The summed E-state index contributed by atoms with van der Waals surface area (Å²) >= 11 is 0. The number of rotatable bonds is 4. The molecule has 1 fully saturated rings. The van der Waals surface area contributed by atoms with Gasteiger partial charge in [-0.2, -0.15) is 5.10 Å². The third kappa shape index (κ3) is 7.49. The van der Waals surface area contributed by atoms with Crippen molar-refractivity contribution < 1.29 is 9.53 Å². The van der Waals surface area contributed by atoms with Gasteiger partial charge in [0.15, 0.2) is 0 Å². The molecule has 2 amide bonds. The Labute approximate surface area is 254 Å². The molecule has 2 heterocycles. The SMILES string of the molecule is C1COCCN1.Cc1ccc(-n2nc(C(C)(C)C)cc2NC(=O)Nc2cc(-c3ccccc3C)cc3ccccc23)cc1. The van der Waals surface area contributed by atoms with Crippen molar-refractivity contribution in [1.82, 2.24) is 15.1 Å². The monoisotopic (exact) mass is 575 g/mol. The van der Waals surface area contributed by atoms with Gasteiger partial charge in [0.25, 0.3) is 0 Å². The molecular formula is C36H41N5O2. The molecule has 3 N–H and O–H groups in total. The molecule has 222 valence electrons. The van der Waals surface area contributed by atoms with Crippen molar-refractivity contribution in [2.45, 2.75) is 40.0 Å². The molecule has 5 aromatic rings. The van der Waals surface area contributed by atoms with Crippen LogP contribution in [-0.2, 0) is 10.2 Å². The quantitative estimate of drug-likeness (QED) is 0.204. The molecule has 1 aromatic heterocycles. The van der Waals surface area contributed by atoms with E-state index in [0.717, 1.165) is 65.3 Å². The number of morpholine rings is 1. The lowest BCUT2D eigenvalue weighted by Crippen LogP contribution is -2.30. The van der Waals surface area contributed by atoms with E-state index >= 15 is 0 Å². The summed E-state index contributed by atoms with van der Waals surface area (Å²) in [5.74, 6) is 0.616. The van der Waals surface area contributed by atoms with Gasteiger partial charge in [0.05, 0.1) is 30.3 Å². The molecule has 43 heavy (non-hydrogen) atoms. The van der Waals surface area contributed by atoms with E-state index in [0.29, 0.717) is 5.82 Å². The molecule has 6 rings (SSSR count). The highest BCUT2D eigenvalue weighted by atomic mass is 16.5. The van der Waals surface area contributed by atoms with Gasteiger partial charge < -0.3 is 15.4 Å². The maximum absolute atomic E-state index is 13.4. The first-order valence-electron chi connectivity index (χ1n) is 14.8. The Hall–Kier alpha value is -4.46. The van der Waals surface area contributed by atoms with E-state index < -0.39 is 0 Å². The summed E-state index contributed by atoms with van der Waals surface area (Å²) in [5.41, 5.74) is 6.94. The van der Waals surface area contributed by atoms with E-state index in [1.807, 2.05) is 66.7 Å². The summed E-state index contributed by atoms with van der Waals surface area (Å²) in [7, 11) is 0. The van der Waals surface area contributed by atoms with Crippen LogP contribution in [0.4, 0.5) is 16.3 Å². The van der Waals surface area contributed by atoms with Crippen molar-refractivity contribution in [3.63, 3.8) is 0 Å². The number of urea groups is 1. The summed E-state index contributed by atoms with van der Waals surface area (Å²) in [4.78, 5) is 13.4. The van der Waals surface area contributed by atoms with Gasteiger partial charge in [0.2, 0.25) is 0 Å². The standard InChI is InChI=1S/C32H32N4O.C4H9NO/c1-21-14-16-25(17-15-21)36-30(20-29(35-36)32(3,4)5)34-31(37)33-28-19-24(26-12-8-6-10-22(26)2)18-23-11-7-9-13-27(23)28;1-3-6-4-2-5-1/h6-20H,1-5H3,(H2,33,34,37);5H,1-4H2. The Balaban J connectivity index is 0.000000548. The second kappa shape index (κ2) is 13.2. The van der Waals surface area contributed by atoms with E-state index in [-0.39, 0.29) is 11.4 Å². The van der Waals surface area contributed by atoms with Gasteiger partial charge in [-0.3, -0.25) is 5.32 Å². The zero-order chi connectivity index (χ0) is 30.4. The Morgan fingerprint density at radius 2 is 1.56 bits per heavy atom. The average molecular weight is 576 g/mol. The minimum Gasteiger partial charge on any atom is -0.379 e. The van der Waals surface area contributed by atoms with Crippen LogP contribution in [0, 0.1) is 13.8 Å². The molecule has 0 atom stereocenters. The Morgan fingerprint density at radius 1 is 0.860 bits per heavy atom. The predicted molar refractivity (Wildman–Crippen MR) is 177 cm³/mol. The summed E-state index contributed by atoms with van der Waals surface area (Å²) < 4.78 is 6.80. The van der Waals surface area contributed by atoms with Crippen LogP contribution in [0.15, 0.2) is 91.0 Å². The predicted octanol–water partition coefficient (Wildman–Crippen LogP) is 7.86. The molecule has 0 aliphatic carbocycles. The average Bonchev–Trinajstić information content (AvgIpc) is 3.43. The first-order chi connectivity index (χ1) is 20.7. The van der Waals surface area contributed by atoms with Crippen LogP contribution >= 0.6 is 0 Å². The van der Waals surface area contributed by atoms with Crippen molar-refractivity contribution in [3.8, 4) is 16.8 Å². The molecule has 1 saturated heterocycles. The Bertz CT molecular complexity index is 1680. The van der Waals surface area contributed by atoms with Crippen molar-refractivity contribution in [2.75, 3.05) is 36.9 Å². The molecule has 7 nitrogen and oxygen atoms in total. The molecule has 1 aliphatic rings. The van der Waals surface area contributed by atoms with E-state index in [2.05, 4.69) is 74.8 Å². The minimum atomic E-state index is -0.319. The van der Waals surface area contributed by atoms with E-state index in [1.165, 1.54) is 11.1 Å². The molecule has 4 aromatic carbocycles. The maximum atomic E-state index is 13.4. The molecule has 0 bridgehead atoms. The van der Waals surface area contributed by atoms with Gasteiger partial charge >= 0.3 is 6.03 Å². The summed E-state index contributed by atoms with van der Waals surface area (Å²) in [5, 5.41) is 16.2. The number of aryl methyl sites for hydroxylation is 2. The van der Waals surface area contributed by atoms with E-state index in [1.54, 1.807) is 4.68 Å². The third-order valence-corrected chi connectivity index (χ3v) is 7.41. The first-order valence-corrected chi connectivity index (χ1v) is 14.8. The number of amides is 2. The van der Waals surface area contributed by atoms with E-state index in [4.69, 9.17) is 9.84 Å². The number of hydrogen-bond donors (Lipinski definition) is 3. The van der Waals surface area contributed by atoms with Crippen molar-refractivity contribution in [2.24, 2.45) is 0 Å². The fraction of sp³-hybridized carbons (Fsp3) is 0.278. The largest absolute Gasteiger partial charge is 0.379 e. The van der Waals surface area contributed by atoms with Crippen LogP contribution in [-0.4, -0.2) is 42.1 Å². The molecule has 7 heteroatoms. The maximum Gasteiger partial charge on any atom is 0.324 e. The van der Waals surface area contributed by atoms with Crippen LogP contribution in [0.2, 0.25) is 0 Å². The molecular weight excluding hydrogens is 534 g/mol. The van der Waals surface area contributed by atoms with E-state index in [9.17, 15) is 4.79 Å². The van der Waals surface area contributed by atoms with Crippen molar-refractivity contribution in [3.05, 3.63) is 108 Å². The van der Waals surface area contributed by atoms with Gasteiger partial charge in [0.1, 0.15) is 5.82 Å². The number of nitrogens with one attached hydrogen (secondary N) is 3. The van der Waals surface area contributed by atoms with Crippen LogP contribution in [0.5, 0.6) is 0 Å². The van der Waals surface area contributed by atoms with Crippen molar-refractivity contribution >= 4 is 28.3 Å². The smallest absolute Gasteiger partial charge is 0.324 e. The number of carbonyl (C=O) groups is 1. The highest BCUT2D eigenvalue weighted by Gasteiger charge is 2.22. The van der Waals surface area contributed by atoms with Crippen molar-refractivity contribution in [1.29, 1.82) is 0 Å². The normalized spacial score (nSPS) is 13.2. The second-order valence-corrected chi connectivity index (χ2v) is 11.9. The Kier molecular flexibility index (Phi) is 9.24. The lowest BCUT2D eigenvalue weighted by molar-refractivity contribution is 0.109. The topological polar surface area (TPSA) is 80.2 Å². The lowest BCUT2D eigenvalue weighted by Gasteiger charge is -2.14. The van der Waals surface area contributed by atoms with Gasteiger partial charge in [0, 0.05) is 30.0 Å². The molecule has 0 unspecified atom stereocenters. The van der Waals surface area contributed by atoms with Gasteiger partial charge in [-0.1, -0.05) is 87.0 Å². The Morgan fingerprint density at radius 3 is 2.21 bits per heavy atom. The summed E-state index contributed by atoms with van der Waals surface area (Å²) in [6.45, 7) is 14.3. The number of ether oxygens (including phenoxy) is 1. The second-order valence-electron chi connectivity index (χ2n) is 11.9. The zero-order valence-corrected chi connectivity index (χ0v) is 25.7. The van der Waals surface area contributed by atoms with Gasteiger partial charge in [-0.05, 0) is 60.2 Å². The van der Waals surface area contributed by atoms with Crippen LogP contribution in [0.1, 0.15) is 37.6 Å². The number of aromatic nitrogens is 2. The third-order valence-electron chi connectivity index (χ3n) is 7.41. The number of hydrogen-bond acceptors (Lipinski definition) is 4. The fourth-order valence-electron chi connectivity index (χ4n) is 4.97. The lowest BCUT2D eigenvalue weighted by atomic mass is 9.92. The number of carbonyl (C=O) groups excluding carboxylic acids is 1. The fourth-order valence-corrected chi connectivity index (χ4v) is 4.97. The van der Waals surface area contributed by atoms with Gasteiger partial charge in [-0.15, -0.1) is 0 Å². The molecule has 0 spiro atoms. The molecule has 0 radical (unpaired) electrons. The number of nitrogens with zero attached hydrogens (tertiary/aromatic N) is 2. The minimum absolute atomic E-state index is 0.166. The number of benzene rings is 4. The number of fused-ring (bicyclic) bond motifs is 1. The van der Waals surface area contributed by atoms with Crippen LogP contribution < -0.4 is 16.0 Å². The summed E-state index contributed by atoms with van der Waals surface area (Å²) in [6, 6.07) is 30.3. The summed E-state index contributed by atoms with van der Waals surface area (Å²) in [6.07, 6.45) is 0. The van der Waals surface area contributed by atoms with Gasteiger partial charge in [-0.25, -0.2) is 9.48 Å². The number of anilines is 2. The first kappa shape index (κ1) is 30.0. The van der Waals surface area contributed by atoms with Crippen LogP contribution in [0.25, 0.3) is 27.6 Å². The zero-order valence-electron chi connectivity index (χ0n) is 25.7. The molecule has 0 saturated carbocycles. The molecule has 1 aliphatic heterocycles.